The molecule has 0 atom stereocenters. The summed E-state index contributed by atoms with van der Waals surface area (Å²) in [6, 6.07) is 6.23. The molecule has 8 heteroatoms. The molecule has 1 N–H and O–H groups in total. The van der Waals surface area contributed by atoms with Crippen molar-refractivity contribution in [2.24, 2.45) is 7.05 Å². The van der Waals surface area contributed by atoms with Crippen LogP contribution in [0.5, 0.6) is 11.5 Å². The maximum absolute atomic E-state index is 13.0. The number of amides is 2. The van der Waals surface area contributed by atoms with E-state index < -0.39 is 11.5 Å². The van der Waals surface area contributed by atoms with E-state index in [4.69, 9.17) is 9.47 Å². The van der Waals surface area contributed by atoms with Crippen LogP contribution < -0.4 is 20.3 Å². The van der Waals surface area contributed by atoms with Crippen molar-refractivity contribution in [3.05, 3.63) is 51.9 Å². The Hall–Kier alpha value is -3.29. The summed E-state index contributed by atoms with van der Waals surface area (Å²) >= 11 is 0. The minimum absolute atomic E-state index is 0.0426. The van der Waals surface area contributed by atoms with Crippen LogP contribution in [-0.4, -0.2) is 48.6 Å². The molecule has 3 rings (SSSR count). The van der Waals surface area contributed by atoms with E-state index >= 15 is 0 Å². The SMILES string of the molecule is COc1ccc(C(=O)Nc2cc(C(=O)N3CCCCCC3)cn(C)c2=O)c(OC)c1. The Balaban J connectivity index is 1.88. The quantitative estimate of drug-likeness (QED) is 0.814. The van der Waals surface area contributed by atoms with Crippen molar-refractivity contribution in [3.63, 3.8) is 0 Å². The zero-order valence-electron chi connectivity index (χ0n) is 17.6. The largest absolute Gasteiger partial charge is 0.497 e. The highest BCUT2D eigenvalue weighted by molar-refractivity contribution is 6.06. The minimum Gasteiger partial charge on any atom is -0.497 e. The number of likely N-dealkylation sites (tertiary alicyclic amines) is 1. The van der Waals surface area contributed by atoms with Gasteiger partial charge in [0.1, 0.15) is 17.2 Å². The molecule has 1 fully saturated rings. The Kier molecular flexibility index (Phi) is 6.76. The normalized spacial score (nSPS) is 14.0. The summed E-state index contributed by atoms with van der Waals surface area (Å²) in [5.41, 5.74) is 0.268. The summed E-state index contributed by atoms with van der Waals surface area (Å²) in [6.07, 6.45) is 5.68. The molecule has 2 amide bonds. The highest BCUT2D eigenvalue weighted by Gasteiger charge is 2.21. The lowest BCUT2D eigenvalue weighted by molar-refractivity contribution is 0.0760. The van der Waals surface area contributed by atoms with Gasteiger partial charge in [0.2, 0.25) is 0 Å². The van der Waals surface area contributed by atoms with Gasteiger partial charge in [-0.05, 0) is 31.0 Å². The van der Waals surface area contributed by atoms with E-state index in [-0.39, 0.29) is 17.2 Å². The van der Waals surface area contributed by atoms with E-state index in [2.05, 4.69) is 5.32 Å². The predicted molar refractivity (Wildman–Crippen MR) is 114 cm³/mol. The molecular weight excluding hydrogens is 386 g/mol. The van der Waals surface area contributed by atoms with Crippen LogP contribution in [-0.2, 0) is 7.05 Å². The van der Waals surface area contributed by atoms with Crippen LogP contribution in [0.2, 0.25) is 0 Å². The summed E-state index contributed by atoms with van der Waals surface area (Å²) in [6.45, 7) is 1.40. The van der Waals surface area contributed by atoms with Crippen LogP contribution >= 0.6 is 0 Å². The number of methoxy groups -OCH3 is 2. The summed E-state index contributed by atoms with van der Waals surface area (Å²) < 4.78 is 11.7. The van der Waals surface area contributed by atoms with E-state index in [1.54, 1.807) is 25.2 Å². The zero-order chi connectivity index (χ0) is 21.7. The van der Waals surface area contributed by atoms with Crippen molar-refractivity contribution in [2.75, 3.05) is 32.6 Å². The molecule has 8 nitrogen and oxygen atoms in total. The van der Waals surface area contributed by atoms with Gasteiger partial charge in [0.15, 0.2) is 0 Å². The van der Waals surface area contributed by atoms with Crippen molar-refractivity contribution in [3.8, 4) is 11.5 Å². The van der Waals surface area contributed by atoms with Gasteiger partial charge in [0, 0.05) is 32.4 Å². The third-order valence-corrected chi connectivity index (χ3v) is 5.23. The smallest absolute Gasteiger partial charge is 0.274 e. The van der Waals surface area contributed by atoms with Gasteiger partial charge < -0.3 is 24.3 Å². The van der Waals surface area contributed by atoms with Gasteiger partial charge in [-0.1, -0.05) is 12.8 Å². The summed E-state index contributed by atoms with van der Waals surface area (Å²) in [5, 5.41) is 2.63. The standard InChI is InChI=1S/C22H27N3O5/c1-24-14-15(21(27)25-10-6-4-5-7-11-25)12-18(22(24)28)23-20(26)17-9-8-16(29-2)13-19(17)30-3/h8-9,12-14H,4-7,10-11H2,1-3H3,(H,23,26). The van der Waals surface area contributed by atoms with Crippen LogP contribution in [0, 0.1) is 0 Å². The van der Waals surface area contributed by atoms with Crippen LogP contribution in [0.4, 0.5) is 5.69 Å². The molecular formula is C22H27N3O5. The molecule has 1 aliphatic rings. The first-order valence-electron chi connectivity index (χ1n) is 9.98. The number of nitrogens with one attached hydrogen (secondary N) is 1. The topological polar surface area (TPSA) is 89.9 Å². The predicted octanol–water partition coefficient (Wildman–Crippen LogP) is 2.67. The Morgan fingerprint density at radius 1 is 1.00 bits per heavy atom. The van der Waals surface area contributed by atoms with Gasteiger partial charge in [0.05, 0.1) is 25.3 Å². The first-order valence-corrected chi connectivity index (χ1v) is 9.98. The molecule has 0 radical (unpaired) electrons. The lowest BCUT2D eigenvalue weighted by Crippen LogP contribution is -2.33. The second kappa shape index (κ2) is 9.47. The van der Waals surface area contributed by atoms with E-state index in [9.17, 15) is 14.4 Å². The van der Waals surface area contributed by atoms with E-state index in [0.29, 0.717) is 30.2 Å². The molecule has 30 heavy (non-hydrogen) atoms. The number of aryl methyl sites for hydroxylation is 1. The lowest BCUT2D eigenvalue weighted by Gasteiger charge is -2.21. The third kappa shape index (κ3) is 4.64. The number of rotatable bonds is 5. The maximum Gasteiger partial charge on any atom is 0.274 e. The number of nitrogens with zero attached hydrogens (tertiary/aromatic N) is 2. The van der Waals surface area contributed by atoms with Crippen molar-refractivity contribution in [1.82, 2.24) is 9.47 Å². The Bertz CT molecular complexity index is 991. The van der Waals surface area contributed by atoms with Crippen LogP contribution in [0.15, 0.2) is 35.3 Å². The lowest BCUT2D eigenvalue weighted by atomic mass is 10.1. The van der Waals surface area contributed by atoms with Crippen LogP contribution in [0.1, 0.15) is 46.4 Å². The minimum atomic E-state index is -0.508. The Labute approximate surface area is 175 Å². The number of benzene rings is 1. The maximum atomic E-state index is 13.0. The van der Waals surface area contributed by atoms with Gasteiger partial charge >= 0.3 is 0 Å². The molecule has 2 heterocycles. The fourth-order valence-corrected chi connectivity index (χ4v) is 3.55. The van der Waals surface area contributed by atoms with E-state index in [1.165, 1.54) is 31.0 Å². The summed E-state index contributed by atoms with van der Waals surface area (Å²) in [5.74, 6) is 0.223. The fraction of sp³-hybridized carbons (Fsp3) is 0.409. The zero-order valence-corrected chi connectivity index (χ0v) is 17.6. The molecule has 0 saturated carbocycles. The molecule has 2 aromatic rings. The van der Waals surface area contributed by atoms with Gasteiger partial charge in [-0.3, -0.25) is 14.4 Å². The van der Waals surface area contributed by atoms with Gasteiger partial charge in [-0.2, -0.15) is 0 Å². The number of aromatic nitrogens is 1. The molecule has 160 valence electrons. The molecule has 0 aliphatic carbocycles. The molecule has 0 spiro atoms. The van der Waals surface area contributed by atoms with Crippen molar-refractivity contribution >= 4 is 17.5 Å². The Morgan fingerprint density at radius 2 is 1.70 bits per heavy atom. The average molecular weight is 413 g/mol. The molecule has 1 saturated heterocycles. The van der Waals surface area contributed by atoms with Crippen molar-refractivity contribution in [1.29, 1.82) is 0 Å². The number of carbonyl (C=O) groups excluding carboxylic acids is 2. The van der Waals surface area contributed by atoms with E-state index in [0.717, 1.165) is 25.7 Å². The highest BCUT2D eigenvalue weighted by atomic mass is 16.5. The first kappa shape index (κ1) is 21.4. The number of hydrogen-bond acceptors (Lipinski definition) is 5. The van der Waals surface area contributed by atoms with Gasteiger partial charge in [-0.25, -0.2) is 0 Å². The number of carbonyl (C=O) groups is 2. The number of pyridine rings is 1. The second-order valence-electron chi connectivity index (χ2n) is 7.29. The first-order chi connectivity index (χ1) is 14.4. The van der Waals surface area contributed by atoms with E-state index in [1.807, 2.05) is 4.90 Å². The van der Waals surface area contributed by atoms with Crippen molar-refractivity contribution < 1.29 is 19.1 Å². The number of ether oxygens (including phenoxy) is 2. The third-order valence-electron chi connectivity index (χ3n) is 5.23. The number of hydrogen-bond donors (Lipinski definition) is 1. The highest BCUT2D eigenvalue weighted by Crippen LogP contribution is 2.25. The molecule has 1 aliphatic heterocycles. The molecule has 0 unspecified atom stereocenters. The fourth-order valence-electron chi connectivity index (χ4n) is 3.55. The molecule has 1 aromatic carbocycles. The molecule has 1 aromatic heterocycles. The Morgan fingerprint density at radius 3 is 2.33 bits per heavy atom. The van der Waals surface area contributed by atoms with Gasteiger partial charge in [-0.15, -0.1) is 0 Å². The van der Waals surface area contributed by atoms with Gasteiger partial charge in [0.25, 0.3) is 17.4 Å². The summed E-state index contributed by atoms with van der Waals surface area (Å²) in [7, 11) is 4.53. The van der Waals surface area contributed by atoms with Crippen LogP contribution in [0.25, 0.3) is 0 Å². The number of anilines is 1. The monoisotopic (exact) mass is 413 g/mol. The molecule has 0 bridgehead atoms. The second-order valence-corrected chi connectivity index (χ2v) is 7.29. The van der Waals surface area contributed by atoms with Crippen LogP contribution in [0.3, 0.4) is 0 Å². The summed E-state index contributed by atoms with van der Waals surface area (Å²) in [4.78, 5) is 40.1. The van der Waals surface area contributed by atoms with Crippen molar-refractivity contribution in [2.45, 2.75) is 25.7 Å². The average Bonchev–Trinajstić information content (AvgIpc) is 3.05.